The van der Waals surface area contributed by atoms with Crippen LogP contribution in [0.3, 0.4) is 0 Å². The van der Waals surface area contributed by atoms with Crippen LogP contribution >= 0.6 is 27.7 Å². The smallest absolute Gasteiger partial charge is 0.247 e. The number of aryl methyl sites for hydroxylation is 1. The van der Waals surface area contributed by atoms with E-state index in [1.54, 1.807) is 0 Å². The second kappa shape index (κ2) is 7.25. The number of ether oxygens (including phenoxy) is 1. The van der Waals surface area contributed by atoms with E-state index in [-0.39, 0.29) is 6.23 Å². The minimum atomic E-state index is -0.353. The lowest BCUT2D eigenvalue weighted by Crippen LogP contribution is -2.17. The van der Waals surface area contributed by atoms with Crippen LogP contribution in [0.4, 0.5) is 5.69 Å². The molecule has 1 aliphatic rings. The molecule has 0 fully saturated rings. The standard InChI is InChI=1S/C19H17BrN4OS/c1-3-11-4-6-12(7-5-11)17-21-15-9-8-13(20)10-14(15)16-18(25-17)22-19(26-2)24-23-16/h4-10,17,21H,3H2,1-2H3. The fourth-order valence-corrected chi connectivity index (χ4v) is 3.49. The monoisotopic (exact) mass is 428 g/mol. The summed E-state index contributed by atoms with van der Waals surface area (Å²) in [6.07, 6.45) is 2.57. The lowest BCUT2D eigenvalue weighted by atomic mass is 10.1. The number of hydrogen-bond donors (Lipinski definition) is 1. The van der Waals surface area contributed by atoms with Gasteiger partial charge in [0.15, 0.2) is 11.9 Å². The highest BCUT2D eigenvalue weighted by atomic mass is 79.9. The molecule has 132 valence electrons. The Morgan fingerprint density at radius 1 is 1.15 bits per heavy atom. The number of benzene rings is 2. The topological polar surface area (TPSA) is 59.9 Å². The zero-order valence-corrected chi connectivity index (χ0v) is 16.8. The number of hydrogen-bond acceptors (Lipinski definition) is 6. The van der Waals surface area contributed by atoms with Gasteiger partial charge in [-0.3, -0.25) is 0 Å². The van der Waals surface area contributed by atoms with E-state index in [0.29, 0.717) is 16.7 Å². The summed E-state index contributed by atoms with van der Waals surface area (Å²) in [5.41, 5.74) is 4.81. The Labute approximate surface area is 164 Å². The summed E-state index contributed by atoms with van der Waals surface area (Å²) in [4.78, 5) is 4.54. The van der Waals surface area contributed by atoms with Crippen molar-refractivity contribution in [2.45, 2.75) is 24.7 Å². The SMILES string of the molecule is CCc1ccc(C2Nc3ccc(Br)cc3-c3nnc(SC)nc3O2)cc1. The maximum atomic E-state index is 6.23. The van der Waals surface area contributed by atoms with Gasteiger partial charge in [0.05, 0.1) is 0 Å². The molecule has 0 saturated heterocycles. The van der Waals surface area contributed by atoms with Crippen molar-refractivity contribution >= 4 is 33.4 Å². The summed E-state index contributed by atoms with van der Waals surface area (Å²) in [7, 11) is 0. The Balaban J connectivity index is 1.83. The Morgan fingerprint density at radius 2 is 1.96 bits per heavy atom. The molecule has 4 rings (SSSR count). The summed E-state index contributed by atoms with van der Waals surface area (Å²) in [6.45, 7) is 2.15. The first-order valence-electron chi connectivity index (χ1n) is 8.28. The average molecular weight is 429 g/mol. The van der Waals surface area contributed by atoms with E-state index >= 15 is 0 Å². The number of aromatic nitrogens is 3. The normalized spacial score (nSPS) is 15.3. The second-order valence-corrected chi connectivity index (χ2v) is 7.57. The van der Waals surface area contributed by atoms with Crippen molar-refractivity contribution in [3.05, 3.63) is 58.1 Å². The zero-order chi connectivity index (χ0) is 18.1. The van der Waals surface area contributed by atoms with Crippen LogP contribution in [0.5, 0.6) is 5.88 Å². The molecule has 0 bridgehead atoms. The maximum Gasteiger partial charge on any atom is 0.247 e. The van der Waals surface area contributed by atoms with Crippen LogP contribution in [-0.2, 0) is 6.42 Å². The van der Waals surface area contributed by atoms with Gasteiger partial charge in [-0.05, 0) is 36.4 Å². The quantitative estimate of drug-likeness (QED) is 0.586. The Morgan fingerprint density at radius 3 is 2.69 bits per heavy atom. The number of nitrogens with zero attached hydrogens (tertiary/aromatic N) is 3. The highest BCUT2D eigenvalue weighted by Crippen LogP contribution is 2.40. The van der Waals surface area contributed by atoms with E-state index in [0.717, 1.165) is 27.7 Å². The van der Waals surface area contributed by atoms with E-state index < -0.39 is 0 Å². The molecule has 1 atom stereocenters. The summed E-state index contributed by atoms with van der Waals surface area (Å²) in [5.74, 6) is 0.485. The van der Waals surface area contributed by atoms with E-state index in [1.165, 1.54) is 17.3 Å². The molecule has 1 unspecified atom stereocenters. The van der Waals surface area contributed by atoms with Crippen LogP contribution in [0.1, 0.15) is 24.3 Å². The predicted molar refractivity (Wildman–Crippen MR) is 108 cm³/mol. The molecule has 1 N–H and O–H groups in total. The molecule has 3 aromatic rings. The summed E-state index contributed by atoms with van der Waals surface area (Å²) >= 11 is 4.97. The molecule has 0 radical (unpaired) electrons. The van der Waals surface area contributed by atoms with Crippen LogP contribution < -0.4 is 10.1 Å². The van der Waals surface area contributed by atoms with Gasteiger partial charge < -0.3 is 10.1 Å². The molecule has 26 heavy (non-hydrogen) atoms. The molecule has 0 aliphatic carbocycles. The molecule has 0 saturated carbocycles. The molecule has 2 aromatic carbocycles. The number of nitrogens with one attached hydrogen (secondary N) is 1. The van der Waals surface area contributed by atoms with E-state index in [9.17, 15) is 0 Å². The fraction of sp³-hybridized carbons (Fsp3) is 0.211. The third-order valence-corrected chi connectivity index (χ3v) is 5.29. The summed E-state index contributed by atoms with van der Waals surface area (Å²) in [6, 6.07) is 14.4. The first kappa shape index (κ1) is 17.3. The first-order valence-corrected chi connectivity index (χ1v) is 10.3. The Bertz CT molecular complexity index is 949. The highest BCUT2D eigenvalue weighted by molar-refractivity contribution is 9.10. The van der Waals surface area contributed by atoms with Crippen LogP contribution in [0.15, 0.2) is 52.1 Å². The van der Waals surface area contributed by atoms with Crippen LogP contribution in [0, 0.1) is 0 Å². The second-order valence-electron chi connectivity index (χ2n) is 5.88. The average Bonchev–Trinajstić information content (AvgIpc) is 2.84. The summed E-state index contributed by atoms with van der Waals surface area (Å²) in [5, 5.41) is 12.6. The molecule has 0 spiro atoms. The van der Waals surface area contributed by atoms with Gasteiger partial charge in [-0.25, -0.2) is 0 Å². The van der Waals surface area contributed by atoms with Gasteiger partial charge >= 0.3 is 0 Å². The van der Waals surface area contributed by atoms with E-state index in [2.05, 4.69) is 67.6 Å². The highest BCUT2D eigenvalue weighted by Gasteiger charge is 2.26. The molecule has 5 nitrogen and oxygen atoms in total. The van der Waals surface area contributed by atoms with Crippen LogP contribution in [0.25, 0.3) is 11.3 Å². The third kappa shape index (κ3) is 3.29. The van der Waals surface area contributed by atoms with Crippen molar-refractivity contribution < 1.29 is 4.74 Å². The van der Waals surface area contributed by atoms with Crippen molar-refractivity contribution in [3.8, 4) is 17.1 Å². The molecule has 1 aliphatic heterocycles. The number of thioether (sulfide) groups is 1. The first-order chi connectivity index (χ1) is 12.7. The molecular formula is C19H17BrN4OS. The zero-order valence-electron chi connectivity index (χ0n) is 14.4. The van der Waals surface area contributed by atoms with Crippen molar-refractivity contribution in [3.63, 3.8) is 0 Å². The van der Waals surface area contributed by atoms with Crippen LogP contribution in [-0.4, -0.2) is 21.4 Å². The molecule has 0 amide bonds. The van der Waals surface area contributed by atoms with Crippen molar-refractivity contribution in [2.24, 2.45) is 0 Å². The largest absolute Gasteiger partial charge is 0.448 e. The minimum Gasteiger partial charge on any atom is -0.448 e. The Hall–Kier alpha value is -2.12. The van der Waals surface area contributed by atoms with E-state index in [1.807, 2.05) is 24.5 Å². The van der Waals surface area contributed by atoms with Crippen molar-refractivity contribution in [1.29, 1.82) is 0 Å². The summed E-state index contributed by atoms with van der Waals surface area (Å²) < 4.78 is 7.19. The van der Waals surface area contributed by atoms with Crippen molar-refractivity contribution in [2.75, 3.05) is 11.6 Å². The predicted octanol–water partition coefficient (Wildman–Crippen LogP) is 5.09. The number of rotatable bonds is 3. The maximum absolute atomic E-state index is 6.23. The van der Waals surface area contributed by atoms with Gasteiger partial charge in [-0.1, -0.05) is 58.9 Å². The van der Waals surface area contributed by atoms with Crippen LogP contribution in [0.2, 0.25) is 0 Å². The Kier molecular flexibility index (Phi) is 4.82. The molecule has 7 heteroatoms. The van der Waals surface area contributed by atoms with Crippen molar-refractivity contribution in [1.82, 2.24) is 15.2 Å². The molecule has 1 aromatic heterocycles. The number of anilines is 1. The number of halogens is 1. The van der Waals surface area contributed by atoms with Gasteiger partial charge in [0.1, 0.15) is 0 Å². The fourth-order valence-electron chi connectivity index (χ4n) is 2.84. The van der Waals surface area contributed by atoms with Gasteiger partial charge in [-0.2, -0.15) is 4.98 Å². The van der Waals surface area contributed by atoms with Gasteiger partial charge in [0, 0.05) is 21.3 Å². The molecular weight excluding hydrogens is 412 g/mol. The minimum absolute atomic E-state index is 0.353. The van der Waals surface area contributed by atoms with Gasteiger partial charge in [0.2, 0.25) is 11.0 Å². The number of fused-ring (bicyclic) bond motifs is 3. The lowest BCUT2D eigenvalue weighted by Gasteiger charge is -2.19. The van der Waals surface area contributed by atoms with Gasteiger partial charge in [-0.15, -0.1) is 10.2 Å². The van der Waals surface area contributed by atoms with Gasteiger partial charge in [0.25, 0.3) is 0 Å². The molecule has 2 heterocycles. The van der Waals surface area contributed by atoms with E-state index in [4.69, 9.17) is 4.74 Å². The lowest BCUT2D eigenvalue weighted by molar-refractivity contribution is 0.225. The third-order valence-electron chi connectivity index (χ3n) is 4.26.